The lowest BCUT2D eigenvalue weighted by atomic mass is 10.1. The van der Waals surface area contributed by atoms with Crippen LogP contribution in [-0.4, -0.2) is 32.4 Å². The molecular weight excluding hydrogens is 330 g/mol. The molecule has 1 aromatic carbocycles. The van der Waals surface area contributed by atoms with Gasteiger partial charge in [-0.2, -0.15) is 4.31 Å². The Morgan fingerprint density at radius 1 is 1.37 bits per heavy atom. The van der Waals surface area contributed by atoms with E-state index in [1.807, 2.05) is 6.92 Å². The lowest BCUT2D eigenvalue weighted by Crippen LogP contribution is -2.41. The summed E-state index contributed by atoms with van der Waals surface area (Å²) in [5.41, 5.74) is 0. The van der Waals surface area contributed by atoms with E-state index in [0.29, 0.717) is 21.7 Å². The summed E-state index contributed by atoms with van der Waals surface area (Å²) >= 11 is 3.33. The molecule has 1 aliphatic heterocycles. The SMILES string of the molecule is COc1ccc(S(=O)(=O)N2CCCCC2C)cc1Br. The third kappa shape index (κ3) is 2.95. The molecule has 1 aliphatic rings. The highest BCUT2D eigenvalue weighted by atomic mass is 79.9. The molecule has 2 rings (SSSR count). The van der Waals surface area contributed by atoms with E-state index in [9.17, 15) is 8.42 Å². The molecule has 0 spiro atoms. The zero-order valence-corrected chi connectivity index (χ0v) is 13.5. The van der Waals surface area contributed by atoms with Gasteiger partial charge in [-0.3, -0.25) is 0 Å². The van der Waals surface area contributed by atoms with Gasteiger partial charge in [0.25, 0.3) is 0 Å². The van der Waals surface area contributed by atoms with Crippen LogP contribution in [0.4, 0.5) is 0 Å². The van der Waals surface area contributed by atoms with Crippen LogP contribution in [0, 0.1) is 0 Å². The smallest absolute Gasteiger partial charge is 0.243 e. The van der Waals surface area contributed by atoms with Crippen LogP contribution in [0.1, 0.15) is 26.2 Å². The predicted octanol–water partition coefficient (Wildman–Crippen LogP) is 3.02. The molecule has 1 saturated heterocycles. The van der Waals surface area contributed by atoms with Crippen molar-refractivity contribution < 1.29 is 13.2 Å². The maximum atomic E-state index is 12.6. The largest absolute Gasteiger partial charge is 0.496 e. The lowest BCUT2D eigenvalue weighted by molar-refractivity contribution is 0.268. The number of nitrogens with zero attached hydrogens (tertiary/aromatic N) is 1. The standard InChI is InChI=1S/C13H18BrNO3S/c1-10-5-3-4-8-15(10)19(16,17)11-6-7-13(18-2)12(14)9-11/h6-7,9-10H,3-5,8H2,1-2H3. The Labute approximate surface area is 122 Å². The molecule has 0 radical (unpaired) electrons. The van der Waals surface area contributed by atoms with Gasteiger partial charge >= 0.3 is 0 Å². The topological polar surface area (TPSA) is 46.6 Å². The number of sulfonamides is 1. The van der Waals surface area contributed by atoms with Crippen LogP contribution in [0.15, 0.2) is 27.6 Å². The van der Waals surface area contributed by atoms with Crippen molar-refractivity contribution in [3.63, 3.8) is 0 Å². The fourth-order valence-corrected chi connectivity index (χ4v) is 4.79. The first-order valence-corrected chi connectivity index (χ1v) is 8.55. The summed E-state index contributed by atoms with van der Waals surface area (Å²) in [6.45, 7) is 2.57. The number of piperidine rings is 1. The molecule has 4 nitrogen and oxygen atoms in total. The highest BCUT2D eigenvalue weighted by molar-refractivity contribution is 9.10. The van der Waals surface area contributed by atoms with Crippen molar-refractivity contribution in [2.75, 3.05) is 13.7 Å². The molecule has 0 saturated carbocycles. The van der Waals surface area contributed by atoms with E-state index in [2.05, 4.69) is 15.9 Å². The number of methoxy groups -OCH3 is 1. The Bertz CT molecular complexity index is 559. The molecular formula is C13H18BrNO3S. The van der Waals surface area contributed by atoms with E-state index < -0.39 is 10.0 Å². The third-order valence-electron chi connectivity index (χ3n) is 3.47. The van der Waals surface area contributed by atoms with Gasteiger partial charge in [0.1, 0.15) is 5.75 Å². The number of hydrogen-bond donors (Lipinski definition) is 0. The van der Waals surface area contributed by atoms with Gasteiger partial charge in [0, 0.05) is 12.6 Å². The molecule has 1 heterocycles. The van der Waals surface area contributed by atoms with Crippen LogP contribution in [-0.2, 0) is 10.0 Å². The van der Waals surface area contributed by atoms with Crippen molar-refractivity contribution in [1.29, 1.82) is 0 Å². The Balaban J connectivity index is 2.36. The zero-order chi connectivity index (χ0) is 14.0. The van der Waals surface area contributed by atoms with Crippen LogP contribution in [0.3, 0.4) is 0 Å². The molecule has 1 fully saturated rings. The van der Waals surface area contributed by atoms with Crippen LogP contribution in [0.25, 0.3) is 0 Å². The van der Waals surface area contributed by atoms with E-state index in [-0.39, 0.29) is 6.04 Å². The molecule has 0 amide bonds. The average Bonchev–Trinajstić information content (AvgIpc) is 2.39. The number of benzene rings is 1. The zero-order valence-electron chi connectivity index (χ0n) is 11.1. The quantitative estimate of drug-likeness (QED) is 0.844. The van der Waals surface area contributed by atoms with Gasteiger partial charge in [-0.1, -0.05) is 6.42 Å². The van der Waals surface area contributed by atoms with Gasteiger partial charge in [0.05, 0.1) is 16.5 Å². The molecule has 106 valence electrons. The Morgan fingerprint density at radius 3 is 2.68 bits per heavy atom. The minimum absolute atomic E-state index is 0.0691. The number of rotatable bonds is 3. The summed E-state index contributed by atoms with van der Waals surface area (Å²) in [4.78, 5) is 0.314. The highest BCUT2D eigenvalue weighted by Crippen LogP contribution is 2.31. The van der Waals surface area contributed by atoms with Crippen molar-refractivity contribution in [2.24, 2.45) is 0 Å². The van der Waals surface area contributed by atoms with Crippen LogP contribution in [0.5, 0.6) is 5.75 Å². The monoisotopic (exact) mass is 347 g/mol. The summed E-state index contributed by atoms with van der Waals surface area (Å²) in [7, 11) is -1.85. The van der Waals surface area contributed by atoms with Crippen LogP contribution >= 0.6 is 15.9 Å². The molecule has 1 aromatic rings. The maximum Gasteiger partial charge on any atom is 0.243 e. The minimum Gasteiger partial charge on any atom is -0.496 e. The predicted molar refractivity (Wildman–Crippen MR) is 77.9 cm³/mol. The van der Waals surface area contributed by atoms with E-state index in [1.165, 1.54) is 0 Å². The van der Waals surface area contributed by atoms with Crippen molar-refractivity contribution in [3.8, 4) is 5.75 Å². The molecule has 19 heavy (non-hydrogen) atoms. The van der Waals surface area contributed by atoms with Crippen molar-refractivity contribution >= 4 is 26.0 Å². The van der Waals surface area contributed by atoms with Gasteiger partial charge in [0.2, 0.25) is 10.0 Å². The first kappa shape index (κ1) is 14.8. The van der Waals surface area contributed by atoms with Gasteiger partial charge in [-0.05, 0) is 53.9 Å². The summed E-state index contributed by atoms with van der Waals surface area (Å²) in [5.74, 6) is 0.630. The van der Waals surface area contributed by atoms with Gasteiger partial charge in [-0.25, -0.2) is 8.42 Å². The molecule has 6 heteroatoms. The fraction of sp³-hybridized carbons (Fsp3) is 0.538. The molecule has 0 aromatic heterocycles. The van der Waals surface area contributed by atoms with Gasteiger partial charge in [0.15, 0.2) is 0 Å². The van der Waals surface area contributed by atoms with E-state index in [4.69, 9.17) is 4.74 Å². The summed E-state index contributed by atoms with van der Waals surface area (Å²) in [6, 6.07) is 4.95. The second kappa shape index (κ2) is 5.81. The summed E-state index contributed by atoms with van der Waals surface area (Å²) in [5, 5.41) is 0. The van der Waals surface area contributed by atoms with Gasteiger partial charge in [-0.15, -0.1) is 0 Å². The molecule has 0 N–H and O–H groups in total. The number of halogens is 1. The lowest BCUT2D eigenvalue weighted by Gasteiger charge is -2.32. The highest BCUT2D eigenvalue weighted by Gasteiger charge is 2.31. The van der Waals surface area contributed by atoms with E-state index in [0.717, 1.165) is 19.3 Å². The van der Waals surface area contributed by atoms with Gasteiger partial charge < -0.3 is 4.74 Å². The second-order valence-electron chi connectivity index (χ2n) is 4.76. The molecule has 1 unspecified atom stereocenters. The van der Waals surface area contributed by atoms with E-state index in [1.54, 1.807) is 29.6 Å². The first-order valence-electron chi connectivity index (χ1n) is 6.32. The van der Waals surface area contributed by atoms with E-state index >= 15 is 0 Å². The summed E-state index contributed by atoms with van der Waals surface area (Å²) in [6.07, 6.45) is 2.96. The molecule has 0 aliphatic carbocycles. The van der Waals surface area contributed by atoms with Crippen LogP contribution < -0.4 is 4.74 Å². The fourth-order valence-electron chi connectivity index (χ4n) is 2.37. The minimum atomic E-state index is -3.41. The Kier molecular flexibility index (Phi) is 4.53. The summed E-state index contributed by atoms with van der Waals surface area (Å²) < 4.78 is 32.6. The third-order valence-corrected chi connectivity index (χ3v) is 6.10. The van der Waals surface area contributed by atoms with Crippen molar-refractivity contribution in [1.82, 2.24) is 4.31 Å². The first-order chi connectivity index (χ1) is 8.96. The second-order valence-corrected chi connectivity index (χ2v) is 7.50. The Morgan fingerprint density at radius 2 is 2.11 bits per heavy atom. The molecule has 0 bridgehead atoms. The number of hydrogen-bond acceptors (Lipinski definition) is 3. The van der Waals surface area contributed by atoms with Crippen molar-refractivity contribution in [3.05, 3.63) is 22.7 Å². The normalized spacial score (nSPS) is 21.3. The maximum absolute atomic E-state index is 12.6. The average molecular weight is 348 g/mol. The van der Waals surface area contributed by atoms with Crippen LogP contribution in [0.2, 0.25) is 0 Å². The number of ether oxygens (including phenoxy) is 1. The Hall–Kier alpha value is -0.590. The molecule has 1 atom stereocenters. The van der Waals surface area contributed by atoms with Crippen molar-refractivity contribution in [2.45, 2.75) is 37.1 Å².